The van der Waals surface area contributed by atoms with Crippen LogP contribution in [0.15, 0.2) is 17.2 Å². The van der Waals surface area contributed by atoms with Crippen LogP contribution in [0.3, 0.4) is 0 Å². The molecule has 1 aliphatic heterocycles. The summed E-state index contributed by atoms with van der Waals surface area (Å²) in [6.07, 6.45) is 4.38. The lowest BCUT2D eigenvalue weighted by atomic mass is 9.52. The highest BCUT2D eigenvalue weighted by Gasteiger charge is 2.59. The van der Waals surface area contributed by atoms with Gasteiger partial charge in [0.15, 0.2) is 0 Å². The summed E-state index contributed by atoms with van der Waals surface area (Å²) in [5, 5.41) is 23.8. The molecule has 3 N–H and O–H groups in total. The number of carbonyl (C=O) groups is 2. The number of thioether (sulfide) groups is 1. The maximum absolute atomic E-state index is 13.4. The molecule has 9 heteroatoms. The molecule has 1 aromatic rings. The standard InChI is InChI=1S/C25H33N3O5S/c1-2-5-34-23-16(3-4-19(26-23)28-11-17-18(12-28)21(17)33-24(30)31)22(29)27-20-14-6-13-7-15(20)10-25(32,8-13)9-14/h3-4,13-15,17-18,20-21,32H,2,5-12H2,1H3,(H,27,29)(H,30,31)/t13?,14?,15?,17-,18+,20?,21?,25?. The zero-order valence-electron chi connectivity index (χ0n) is 19.5. The van der Waals surface area contributed by atoms with E-state index in [2.05, 4.69) is 17.1 Å². The number of carbonyl (C=O) groups excluding carboxylic acids is 1. The fraction of sp³-hybridized carbons (Fsp3) is 0.720. The normalized spacial score (nSPS) is 39.1. The van der Waals surface area contributed by atoms with E-state index in [4.69, 9.17) is 14.8 Å². The van der Waals surface area contributed by atoms with Gasteiger partial charge in [-0.25, -0.2) is 9.78 Å². The van der Waals surface area contributed by atoms with Gasteiger partial charge in [0.1, 0.15) is 16.9 Å². The average Bonchev–Trinajstić information content (AvgIpc) is 3.20. The Hall–Kier alpha value is -2.00. The summed E-state index contributed by atoms with van der Waals surface area (Å²) in [4.78, 5) is 31.3. The van der Waals surface area contributed by atoms with Crippen molar-refractivity contribution in [3.05, 3.63) is 17.7 Å². The zero-order valence-corrected chi connectivity index (χ0v) is 20.3. The third-order valence-electron chi connectivity index (χ3n) is 8.75. The Bertz CT molecular complexity index is 977. The number of hydrogen-bond acceptors (Lipinski definition) is 7. The number of aliphatic hydroxyl groups is 1. The van der Waals surface area contributed by atoms with Gasteiger partial charge in [-0.05, 0) is 74.2 Å². The molecule has 5 aliphatic carbocycles. The van der Waals surface area contributed by atoms with E-state index in [0.29, 0.717) is 23.3 Å². The van der Waals surface area contributed by atoms with Crippen molar-refractivity contribution >= 4 is 29.6 Å². The van der Waals surface area contributed by atoms with Crippen molar-refractivity contribution in [2.75, 3.05) is 23.7 Å². The molecule has 5 atom stereocenters. The van der Waals surface area contributed by atoms with E-state index in [9.17, 15) is 14.7 Å². The largest absolute Gasteiger partial charge is 0.506 e. The summed E-state index contributed by atoms with van der Waals surface area (Å²) in [7, 11) is 0. The molecule has 4 bridgehead atoms. The van der Waals surface area contributed by atoms with Gasteiger partial charge in [-0.3, -0.25) is 4.79 Å². The topological polar surface area (TPSA) is 112 Å². The number of ether oxygens (including phenoxy) is 1. The first-order chi connectivity index (χ1) is 16.3. The average molecular weight is 488 g/mol. The molecule has 34 heavy (non-hydrogen) atoms. The number of pyridine rings is 1. The van der Waals surface area contributed by atoms with Crippen LogP contribution in [0.5, 0.6) is 0 Å². The SMILES string of the molecule is CCCSc1nc(N2C[C@@H]3C(OC(=O)O)[C@@H]3C2)ccc1C(=O)NC1C2CC3CC1CC(O)(C3)C2. The number of rotatable bonds is 7. The summed E-state index contributed by atoms with van der Waals surface area (Å²) in [5.41, 5.74) is 0.125. The fourth-order valence-electron chi connectivity index (χ4n) is 7.48. The van der Waals surface area contributed by atoms with Crippen LogP contribution < -0.4 is 10.2 Å². The molecule has 2 heterocycles. The summed E-state index contributed by atoms with van der Waals surface area (Å²) in [6.45, 7) is 3.58. The van der Waals surface area contributed by atoms with Crippen LogP contribution in [0.4, 0.5) is 10.6 Å². The first-order valence-electron chi connectivity index (χ1n) is 12.6. The lowest BCUT2D eigenvalue weighted by Crippen LogP contribution is -2.61. The van der Waals surface area contributed by atoms with Crippen LogP contribution in [0.2, 0.25) is 0 Å². The monoisotopic (exact) mass is 487 g/mol. The minimum Gasteiger partial charge on any atom is -0.450 e. The van der Waals surface area contributed by atoms with Crippen molar-refractivity contribution in [1.29, 1.82) is 0 Å². The van der Waals surface area contributed by atoms with Crippen molar-refractivity contribution in [2.24, 2.45) is 29.6 Å². The minimum absolute atomic E-state index is 0.0543. The maximum atomic E-state index is 13.4. The maximum Gasteiger partial charge on any atom is 0.506 e. The Morgan fingerprint density at radius 2 is 1.91 bits per heavy atom. The Morgan fingerprint density at radius 1 is 1.21 bits per heavy atom. The molecule has 8 nitrogen and oxygen atoms in total. The first-order valence-corrected chi connectivity index (χ1v) is 13.6. The van der Waals surface area contributed by atoms with E-state index < -0.39 is 11.8 Å². The van der Waals surface area contributed by atoms with Gasteiger partial charge in [-0.1, -0.05) is 6.92 Å². The van der Waals surface area contributed by atoms with Gasteiger partial charge >= 0.3 is 6.16 Å². The Balaban J connectivity index is 1.16. The highest BCUT2D eigenvalue weighted by atomic mass is 32.2. The van der Waals surface area contributed by atoms with Gasteiger partial charge in [-0.2, -0.15) is 0 Å². The minimum atomic E-state index is -1.20. The van der Waals surface area contributed by atoms with Gasteiger partial charge in [-0.15, -0.1) is 11.8 Å². The van der Waals surface area contributed by atoms with Crippen LogP contribution in [0.25, 0.3) is 0 Å². The second-order valence-corrected chi connectivity index (χ2v) is 12.2. The summed E-state index contributed by atoms with van der Waals surface area (Å²) >= 11 is 1.62. The predicted molar refractivity (Wildman–Crippen MR) is 127 cm³/mol. The van der Waals surface area contributed by atoms with Crippen molar-refractivity contribution in [3.63, 3.8) is 0 Å². The molecule has 7 rings (SSSR count). The van der Waals surface area contributed by atoms with Crippen molar-refractivity contribution in [2.45, 2.75) is 68.2 Å². The molecule has 0 spiro atoms. The van der Waals surface area contributed by atoms with Crippen LogP contribution in [-0.4, -0.2) is 63.8 Å². The van der Waals surface area contributed by atoms with Crippen molar-refractivity contribution in [3.8, 4) is 0 Å². The molecule has 1 saturated heterocycles. The Kier molecular flexibility index (Phi) is 5.48. The molecule has 1 amide bonds. The number of amides is 1. The summed E-state index contributed by atoms with van der Waals surface area (Å²) in [6, 6.07) is 3.96. The summed E-state index contributed by atoms with van der Waals surface area (Å²) < 4.78 is 4.96. The first kappa shape index (κ1) is 22.5. The number of hydrogen-bond donors (Lipinski definition) is 3. The van der Waals surface area contributed by atoms with E-state index >= 15 is 0 Å². The Morgan fingerprint density at radius 3 is 2.53 bits per heavy atom. The smallest absolute Gasteiger partial charge is 0.450 e. The molecule has 6 aliphatic rings. The lowest BCUT2D eigenvalue weighted by Gasteiger charge is -2.58. The molecule has 5 saturated carbocycles. The summed E-state index contributed by atoms with van der Waals surface area (Å²) in [5.74, 6) is 3.50. The third kappa shape index (κ3) is 3.94. The molecule has 1 aromatic heterocycles. The molecular weight excluding hydrogens is 454 g/mol. The number of piperidine rings is 1. The van der Waals surface area contributed by atoms with Gasteiger partial charge in [0.25, 0.3) is 5.91 Å². The zero-order chi connectivity index (χ0) is 23.6. The fourth-order valence-corrected chi connectivity index (χ4v) is 8.36. The quantitative estimate of drug-likeness (QED) is 0.396. The molecule has 3 unspecified atom stereocenters. The number of nitrogens with one attached hydrogen (secondary N) is 1. The van der Waals surface area contributed by atoms with Gasteiger partial charge in [0.2, 0.25) is 0 Å². The molecular formula is C25H33N3O5S. The highest BCUT2D eigenvalue weighted by molar-refractivity contribution is 7.99. The predicted octanol–water partition coefficient (Wildman–Crippen LogP) is 3.38. The van der Waals surface area contributed by atoms with Crippen LogP contribution in [0.1, 0.15) is 55.8 Å². The van der Waals surface area contributed by atoms with E-state index in [1.807, 2.05) is 12.1 Å². The van der Waals surface area contributed by atoms with Crippen molar-refractivity contribution in [1.82, 2.24) is 10.3 Å². The van der Waals surface area contributed by atoms with Crippen LogP contribution >= 0.6 is 11.8 Å². The number of anilines is 1. The number of carboxylic acid groups (broad SMARTS) is 1. The van der Waals surface area contributed by atoms with E-state index in [-0.39, 0.29) is 29.9 Å². The highest BCUT2D eigenvalue weighted by Crippen LogP contribution is 2.55. The second-order valence-electron chi connectivity index (χ2n) is 11.1. The molecule has 0 aromatic carbocycles. The van der Waals surface area contributed by atoms with Gasteiger partial charge in [0, 0.05) is 31.0 Å². The molecule has 6 fully saturated rings. The Labute approximate surface area is 203 Å². The van der Waals surface area contributed by atoms with E-state index in [1.54, 1.807) is 11.8 Å². The van der Waals surface area contributed by atoms with Gasteiger partial charge < -0.3 is 25.2 Å². The molecule has 0 radical (unpaired) electrons. The number of aromatic nitrogens is 1. The van der Waals surface area contributed by atoms with Crippen LogP contribution in [0, 0.1) is 29.6 Å². The van der Waals surface area contributed by atoms with Crippen molar-refractivity contribution < 1.29 is 24.5 Å². The lowest BCUT2D eigenvalue weighted by molar-refractivity contribution is -0.136. The third-order valence-corrected chi connectivity index (χ3v) is 9.95. The number of fused-ring (bicyclic) bond motifs is 1. The van der Waals surface area contributed by atoms with E-state index in [0.717, 1.165) is 68.2 Å². The number of nitrogens with zero attached hydrogens (tertiary/aromatic N) is 2. The van der Waals surface area contributed by atoms with Crippen LogP contribution in [-0.2, 0) is 4.74 Å². The second kappa shape index (κ2) is 8.29. The van der Waals surface area contributed by atoms with Gasteiger partial charge in [0.05, 0.1) is 11.2 Å². The molecule has 184 valence electrons. The van der Waals surface area contributed by atoms with E-state index in [1.165, 1.54) is 0 Å².